The average molecular weight is 219 g/mol. The van der Waals surface area contributed by atoms with Gasteiger partial charge in [-0.1, -0.05) is 0 Å². The van der Waals surface area contributed by atoms with Gasteiger partial charge < -0.3 is 4.74 Å². The average Bonchev–Trinajstić information content (AvgIpc) is 2.65. The van der Waals surface area contributed by atoms with E-state index in [0.29, 0.717) is 0 Å². The molecule has 0 spiro atoms. The monoisotopic (exact) mass is 219 g/mol. The molecule has 0 aromatic carbocycles. The van der Waals surface area contributed by atoms with Crippen molar-refractivity contribution in [3.8, 4) is 0 Å². The normalized spacial score (nSPS) is 11.9. The lowest BCUT2D eigenvalue weighted by Crippen LogP contribution is -2.29. The molecule has 0 unspecified atom stereocenters. The molecule has 0 aliphatic heterocycles. The number of aromatic nitrogens is 3. The summed E-state index contributed by atoms with van der Waals surface area (Å²) in [5.74, 6) is -0.785. The van der Waals surface area contributed by atoms with Crippen LogP contribution in [0.25, 0.3) is 0 Å². The molecule has 5 nitrogen and oxygen atoms in total. The summed E-state index contributed by atoms with van der Waals surface area (Å²) < 4.78 is 29.8. The van der Waals surface area contributed by atoms with Crippen LogP contribution in [0.2, 0.25) is 0 Å². The molecular formula is C8H11F2N3O2. The smallest absolute Gasteiger partial charge is 0.360 e. The van der Waals surface area contributed by atoms with E-state index in [-0.39, 0.29) is 11.4 Å². The SMILES string of the molecule is COC(=O)c1n[nH]nc1C(C)(C)C(F)F. The standard InChI is InChI=1S/C8H11F2N3O2/c1-8(2,7(9)10)5-4(6(14)15-3)11-13-12-5/h7H,1-3H3,(H,11,12,13). The Hall–Kier alpha value is -1.53. The van der Waals surface area contributed by atoms with Crippen LogP contribution < -0.4 is 0 Å². The van der Waals surface area contributed by atoms with Gasteiger partial charge in [-0.05, 0) is 13.8 Å². The van der Waals surface area contributed by atoms with Crippen molar-refractivity contribution in [3.63, 3.8) is 0 Å². The number of nitrogens with one attached hydrogen (secondary N) is 1. The van der Waals surface area contributed by atoms with Gasteiger partial charge in [0.2, 0.25) is 6.43 Å². The van der Waals surface area contributed by atoms with Crippen LogP contribution in [0, 0.1) is 0 Å². The number of alkyl halides is 2. The molecule has 1 rings (SSSR count). The number of aromatic amines is 1. The maximum absolute atomic E-state index is 12.7. The minimum atomic E-state index is -2.65. The summed E-state index contributed by atoms with van der Waals surface area (Å²) in [6.07, 6.45) is -2.65. The Labute approximate surface area is 84.8 Å². The molecule has 0 saturated carbocycles. The van der Waals surface area contributed by atoms with Crippen molar-refractivity contribution in [2.45, 2.75) is 25.7 Å². The molecule has 1 N–H and O–H groups in total. The van der Waals surface area contributed by atoms with Crippen molar-refractivity contribution in [2.24, 2.45) is 0 Å². The van der Waals surface area contributed by atoms with Crippen LogP contribution in [0.15, 0.2) is 0 Å². The van der Waals surface area contributed by atoms with Crippen LogP contribution >= 0.6 is 0 Å². The maximum Gasteiger partial charge on any atom is 0.360 e. The summed E-state index contributed by atoms with van der Waals surface area (Å²) in [6.45, 7) is 2.56. The van der Waals surface area contributed by atoms with Crippen LogP contribution in [-0.2, 0) is 10.2 Å². The molecular weight excluding hydrogens is 208 g/mol. The minimum absolute atomic E-state index is 0.0932. The Balaban J connectivity index is 3.15. The Morgan fingerprint density at radius 1 is 1.47 bits per heavy atom. The number of esters is 1. The van der Waals surface area contributed by atoms with Gasteiger partial charge in [0.05, 0.1) is 12.5 Å². The van der Waals surface area contributed by atoms with E-state index in [0.717, 1.165) is 7.11 Å². The van der Waals surface area contributed by atoms with Gasteiger partial charge in [-0.2, -0.15) is 10.3 Å². The van der Waals surface area contributed by atoms with E-state index < -0.39 is 17.8 Å². The summed E-state index contributed by atoms with van der Waals surface area (Å²) in [6, 6.07) is 0. The number of carbonyl (C=O) groups is 1. The Bertz CT molecular complexity index is 363. The van der Waals surface area contributed by atoms with E-state index in [1.165, 1.54) is 13.8 Å². The minimum Gasteiger partial charge on any atom is -0.464 e. The van der Waals surface area contributed by atoms with Gasteiger partial charge in [-0.3, -0.25) is 0 Å². The molecule has 0 aliphatic carbocycles. The highest BCUT2D eigenvalue weighted by molar-refractivity contribution is 5.88. The first kappa shape index (κ1) is 11.5. The number of halogens is 2. The van der Waals surface area contributed by atoms with Gasteiger partial charge in [0.25, 0.3) is 0 Å². The highest BCUT2D eigenvalue weighted by Crippen LogP contribution is 2.30. The topological polar surface area (TPSA) is 67.9 Å². The number of hydrogen-bond donors (Lipinski definition) is 1. The van der Waals surface area contributed by atoms with Gasteiger partial charge in [0.15, 0.2) is 5.69 Å². The van der Waals surface area contributed by atoms with E-state index in [4.69, 9.17) is 0 Å². The molecule has 0 radical (unpaired) electrons. The van der Waals surface area contributed by atoms with E-state index in [9.17, 15) is 13.6 Å². The van der Waals surface area contributed by atoms with Crippen LogP contribution in [0.4, 0.5) is 8.78 Å². The third-order valence-electron chi connectivity index (χ3n) is 2.08. The predicted octanol–water partition coefficient (Wildman–Crippen LogP) is 1.13. The second kappa shape index (κ2) is 3.92. The van der Waals surface area contributed by atoms with Gasteiger partial charge in [0.1, 0.15) is 5.69 Å². The maximum atomic E-state index is 12.7. The zero-order valence-electron chi connectivity index (χ0n) is 8.54. The van der Waals surface area contributed by atoms with Crippen LogP contribution in [0.3, 0.4) is 0 Å². The molecule has 0 fully saturated rings. The first-order valence-corrected chi connectivity index (χ1v) is 4.19. The quantitative estimate of drug-likeness (QED) is 0.774. The second-order valence-corrected chi connectivity index (χ2v) is 3.53. The van der Waals surface area contributed by atoms with Crippen LogP contribution in [-0.4, -0.2) is 34.9 Å². The van der Waals surface area contributed by atoms with Gasteiger partial charge >= 0.3 is 5.97 Å². The summed E-state index contributed by atoms with van der Waals surface area (Å²) in [4.78, 5) is 11.2. The fourth-order valence-electron chi connectivity index (χ4n) is 1.02. The summed E-state index contributed by atoms with van der Waals surface area (Å²) >= 11 is 0. The zero-order valence-corrected chi connectivity index (χ0v) is 8.54. The number of methoxy groups -OCH3 is 1. The molecule has 84 valence electrons. The van der Waals surface area contributed by atoms with E-state index in [2.05, 4.69) is 20.1 Å². The number of hydrogen-bond acceptors (Lipinski definition) is 4. The molecule has 1 aromatic rings. The van der Waals surface area contributed by atoms with Gasteiger partial charge in [0, 0.05) is 0 Å². The molecule has 0 amide bonds. The summed E-state index contributed by atoms with van der Waals surface area (Å²) in [7, 11) is 1.15. The fourth-order valence-corrected chi connectivity index (χ4v) is 1.02. The Morgan fingerprint density at radius 3 is 2.53 bits per heavy atom. The third-order valence-corrected chi connectivity index (χ3v) is 2.08. The molecule has 0 aliphatic rings. The Kier molecular flexibility index (Phi) is 3.01. The highest BCUT2D eigenvalue weighted by Gasteiger charge is 2.38. The second-order valence-electron chi connectivity index (χ2n) is 3.53. The summed E-state index contributed by atoms with van der Waals surface area (Å²) in [5.41, 5.74) is -1.84. The number of H-pyrrole nitrogens is 1. The van der Waals surface area contributed by atoms with Gasteiger partial charge in [-0.25, -0.2) is 13.6 Å². The molecule has 1 heterocycles. The third kappa shape index (κ3) is 1.95. The van der Waals surface area contributed by atoms with Crippen molar-refractivity contribution in [3.05, 3.63) is 11.4 Å². The highest BCUT2D eigenvalue weighted by atomic mass is 19.3. The summed E-state index contributed by atoms with van der Waals surface area (Å²) in [5, 5.41) is 9.19. The molecule has 15 heavy (non-hydrogen) atoms. The number of ether oxygens (including phenoxy) is 1. The van der Waals surface area contributed by atoms with Crippen molar-refractivity contribution < 1.29 is 18.3 Å². The Morgan fingerprint density at radius 2 is 2.07 bits per heavy atom. The van der Waals surface area contributed by atoms with Crippen molar-refractivity contribution >= 4 is 5.97 Å². The van der Waals surface area contributed by atoms with E-state index >= 15 is 0 Å². The fraction of sp³-hybridized carbons (Fsp3) is 0.625. The van der Waals surface area contributed by atoms with Gasteiger partial charge in [-0.15, -0.1) is 5.10 Å². The van der Waals surface area contributed by atoms with Crippen LogP contribution in [0.5, 0.6) is 0 Å². The number of carbonyl (C=O) groups excluding carboxylic acids is 1. The first-order chi connectivity index (χ1) is 6.91. The molecule has 0 bridgehead atoms. The first-order valence-electron chi connectivity index (χ1n) is 4.19. The van der Waals surface area contributed by atoms with Crippen molar-refractivity contribution in [1.82, 2.24) is 15.4 Å². The van der Waals surface area contributed by atoms with E-state index in [1.807, 2.05) is 0 Å². The zero-order chi connectivity index (χ0) is 11.6. The van der Waals surface area contributed by atoms with E-state index in [1.54, 1.807) is 0 Å². The molecule has 1 aromatic heterocycles. The van der Waals surface area contributed by atoms with Crippen molar-refractivity contribution in [2.75, 3.05) is 7.11 Å². The molecule has 0 saturated heterocycles. The van der Waals surface area contributed by atoms with Crippen molar-refractivity contribution in [1.29, 1.82) is 0 Å². The predicted molar refractivity (Wildman–Crippen MR) is 46.8 cm³/mol. The molecule has 7 heteroatoms. The molecule has 0 atom stereocenters. The van der Waals surface area contributed by atoms with Crippen LogP contribution in [0.1, 0.15) is 30.0 Å². The largest absolute Gasteiger partial charge is 0.464 e. The lowest BCUT2D eigenvalue weighted by molar-refractivity contribution is 0.0556. The lowest BCUT2D eigenvalue weighted by atomic mass is 9.88. The lowest BCUT2D eigenvalue weighted by Gasteiger charge is -2.20. The number of nitrogens with zero attached hydrogens (tertiary/aromatic N) is 2. The number of rotatable bonds is 3.